The first kappa shape index (κ1) is 12.5. The fraction of sp³-hybridized carbons (Fsp3) is 0.125. The van der Waals surface area contributed by atoms with Gasteiger partial charge in [-0.1, -0.05) is 24.3 Å². The molecule has 0 bridgehead atoms. The first-order chi connectivity index (χ1) is 9.63. The third-order valence-electron chi connectivity index (χ3n) is 3.34. The van der Waals surface area contributed by atoms with E-state index >= 15 is 0 Å². The maximum atomic E-state index is 12.9. The summed E-state index contributed by atoms with van der Waals surface area (Å²) in [5.74, 6) is -0.492. The summed E-state index contributed by atoms with van der Waals surface area (Å²) in [4.78, 5) is 24.4. The number of nitrogens with zero attached hydrogens (tertiary/aromatic N) is 1. The summed E-state index contributed by atoms with van der Waals surface area (Å²) in [7, 11) is 0. The van der Waals surface area contributed by atoms with Crippen LogP contribution >= 0.6 is 0 Å². The lowest BCUT2D eigenvalue weighted by Gasteiger charge is -2.15. The standard InChI is InChI=1S/C16H12FNO2/c17-13-5-1-11(2-6-13)12-3-7-14(8-4-12)18-10-15(19)9-16(18)20/h1-8H,9-10H2. The van der Waals surface area contributed by atoms with Gasteiger partial charge in [-0.25, -0.2) is 4.39 Å². The summed E-state index contributed by atoms with van der Waals surface area (Å²) in [6, 6.07) is 13.5. The lowest BCUT2D eigenvalue weighted by atomic mass is 10.1. The van der Waals surface area contributed by atoms with E-state index < -0.39 is 0 Å². The third-order valence-corrected chi connectivity index (χ3v) is 3.34. The molecule has 1 heterocycles. The van der Waals surface area contributed by atoms with Gasteiger partial charge in [-0.2, -0.15) is 0 Å². The fourth-order valence-corrected chi connectivity index (χ4v) is 2.30. The van der Waals surface area contributed by atoms with Gasteiger partial charge in [0.1, 0.15) is 5.82 Å². The molecule has 1 fully saturated rings. The average molecular weight is 269 g/mol. The van der Waals surface area contributed by atoms with Gasteiger partial charge >= 0.3 is 0 Å². The van der Waals surface area contributed by atoms with Crippen LogP contribution in [-0.4, -0.2) is 18.2 Å². The van der Waals surface area contributed by atoms with Gasteiger partial charge in [-0.3, -0.25) is 9.59 Å². The van der Waals surface area contributed by atoms with Crippen molar-refractivity contribution in [2.45, 2.75) is 6.42 Å². The zero-order chi connectivity index (χ0) is 14.1. The zero-order valence-corrected chi connectivity index (χ0v) is 10.7. The minimum Gasteiger partial charge on any atom is -0.305 e. The Morgan fingerprint density at radius 3 is 1.90 bits per heavy atom. The summed E-state index contributed by atoms with van der Waals surface area (Å²) >= 11 is 0. The molecule has 2 aromatic carbocycles. The molecule has 1 aliphatic heterocycles. The molecule has 0 atom stereocenters. The summed E-state index contributed by atoms with van der Waals surface area (Å²) in [5.41, 5.74) is 2.56. The van der Waals surface area contributed by atoms with Crippen LogP contribution in [0.2, 0.25) is 0 Å². The van der Waals surface area contributed by atoms with Gasteiger partial charge in [-0.05, 0) is 35.4 Å². The molecule has 2 aromatic rings. The largest absolute Gasteiger partial charge is 0.305 e. The summed E-state index contributed by atoms with van der Waals surface area (Å²) < 4.78 is 12.9. The molecule has 0 aromatic heterocycles. The van der Waals surface area contributed by atoms with E-state index in [1.54, 1.807) is 24.3 Å². The number of halogens is 1. The van der Waals surface area contributed by atoms with Crippen molar-refractivity contribution in [3.8, 4) is 11.1 Å². The molecular weight excluding hydrogens is 257 g/mol. The molecule has 4 heteroatoms. The minimum atomic E-state index is -0.272. The predicted molar refractivity (Wildman–Crippen MR) is 73.8 cm³/mol. The van der Waals surface area contributed by atoms with E-state index in [0.717, 1.165) is 11.1 Å². The monoisotopic (exact) mass is 269 g/mol. The Morgan fingerprint density at radius 1 is 0.850 bits per heavy atom. The number of carbonyl (C=O) groups excluding carboxylic acids is 2. The van der Waals surface area contributed by atoms with Gasteiger partial charge in [0.25, 0.3) is 0 Å². The smallest absolute Gasteiger partial charge is 0.234 e. The first-order valence-electron chi connectivity index (χ1n) is 6.31. The second-order valence-electron chi connectivity index (χ2n) is 4.75. The SMILES string of the molecule is O=C1CC(=O)N(c2ccc(-c3ccc(F)cc3)cc2)C1. The topological polar surface area (TPSA) is 37.4 Å². The molecule has 20 heavy (non-hydrogen) atoms. The number of rotatable bonds is 2. The maximum absolute atomic E-state index is 12.9. The van der Waals surface area contributed by atoms with Gasteiger partial charge in [0.2, 0.25) is 5.91 Å². The van der Waals surface area contributed by atoms with Crippen LogP contribution in [0.4, 0.5) is 10.1 Å². The van der Waals surface area contributed by atoms with E-state index in [1.165, 1.54) is 17.0 Å². The van der Waals surface area contributed by atoms with Gasteiger partial charge in [-0.15, -0.1) is 0 Å². The van der Waals surface area contributed by atoms with Crippen molar-refractivity contribution >= 4 is 17.4 Å². The van der Waals surface area contributed by atoms with Crippen molar-refractivity contribution in [3.63, 3.8) is 0 Å². The van der Waals surface area contributed by atoms with E-state index in [1.807, 2.05) is 12.1 Å². The van der Waals surface area contributed by atoms with Crippen LogP contribution in [0.15, 0.2) is 48.5 Å². The highest BCUT2D eigenvalue weighted by Crippen LogP contribution is 2.25. The zero-order valence-electron chi connectivity index (χ0n) is 10.7. The number of hydrogen-bond donors (Lipinski definition) is 0. The van der Waals surface area contributed by atoms with E-state index in [4.69, 9.17) is 0 Å². The quantitative estimate of drug-likeness (QED) is 0.786. The lowest BCUT2D eigenvalue weighted by Crippen LogP contribution is -2.24. The Bertz CT molecular complexity index is 662. The van der Waals surface area contributed by atoms with Crippen LogP contribution in [0.25, 0.3) is 11.1 Å². The van der Waals surface area contributed by atoms with Crippen molar-refractivity contribution in [2.24, 2.45) is 0 Å². The molecule has 0 aliphatic carbocycles. The molecule has 0 radical (unpaired) electrons. The van der Waals surface area contributed by atoms with E-state index in [0.29, 0.717) is 5.69 Å². The number of benzene rings is 2. The molecule has 0 N–H and O–H groups in total. The second-order valence-corrected chi connectivity index (χ2v) is 4.75. The number of anilines is 1. The molecule has 1 saturated heterocycles. The Kier molecular flexibility index (Phi) is 3.06. The van der Waals surface area contributed by atoms with Crippen LogP contribution in [0.1, 0.15) is 6.42 Å². The normalized spacial score (nSPS) is 14.9. The summed E-state index contributed by atoms with van der Waals surface area (Å²) in [5, 5.41) is 0. The number of carbonyl (C=O) groups is 2. The minimum absolute atomic E-state index is 0.0142. The third kappa shape index (κ3) is 2.32. The predicted octanol–water partition coefficient (Wildman–Crippen LogP) is 2.80. The Hall–Kier alpha value is -2.49. The number of amides is 1. The summed E-state index contributed by atoms with van der Waals surface area (Å²) in [6.07, 6.45) is -0.0142. The van der Waals surface area contributed by atoms with Crippen molar-refractivity contribution in [3.05, 3.63) is 54.3 Å². The van der Waals surface area contributed by atoms with Crippen LogP contribution in [0.5, 0.6) is 0 Å². The van der Waals surface area contributed by atoms with Crippen molar-refractivity contribution in [2.75, 3.05) is 11.4 Å². The molecule has 3 rings (SSSR count). The molecule has 1 amide bonds. The van der Waals surface area contributed by atoms with E-state index in [-0.39, 0.29) is 30.5 Å². The van der Waals surface area contributed by atoms with Gasteiger partial charge in [0.15, 0.2) is 5.78 Å². The number of hydrogen-bond acceptors (Lipinski definition) is 2. The summed E-state index contributed by atoms with van der Waals surface area (Å²) in [6.45, 7) is 0.148. The molecule has 0 saturated carbocycles. The van der Waals surface area contributed by atoms with E-state index in [2.05, 4.69) is 0 Å². The van der Waals surface area contributed by atoms with Gasteiger partial charge in [0.05, 0.1) is 13.0 Å². The van der Waals surface area contributed by atoms with Crippen LogP contribution in [0, 0.1) is 5.82 Å². The van der Waals surface area contributed by atoms with E-state index in [9.17, 15) is 14.0 Å². The Labute approximate surface area is 115 Å². The Morgan fingerprint density at radius 2 is 1.40 bits per heavy atom. The molecule has 0 unspecified atom stereocenters. The Balaban J connectivity index is 1.86. The maximum Gasteiger partial charge on any atom is 0.234 e. The fourth-order valence-electron chi connectivity index (χ4n) is 2.30. The van der Waals surface area contributed by atoms with Crippen LogP contribution in [0.3, 0.4) is 0 Å². The van der Waals surface area contributed by atoms with Gasteiger partial charge < -0.3 is 4.90 Å². The highest BCUT2D eigenvalue weighted by atomic mass is 19.1. The lowest BCUT2D eigenvalue weighted by molar-refractivity contribution is -0.121. The molecule has 3 nitrogen and oxygen atoms in total. The van der Waals surface area contributed by atoms with Crippen LogP contribution in [-0.2, 0) is 9.59 Å². The van der Waals surface area contributed by atoms with Crippen molar-refractivity contribution in [1.29, 1.82) is 0 Å². The first-order valence-corrected chi connectivity index (χ1v) is 6.31. The highest BCUT2D eigenvalue weighted by molar-refractivity contribution is 6.15. The number of Topliss-reactive ketones (excluding diaryl/α,β-unsaturated/α-hetero) is 1. The van der Waals surface area contributed by atoms with Crippen LogP contribution < -0.4 is 4.90 Å². The van der Waals surface area contributed by atoms with Gasteiger partial charge in [0, 0.05) is 5.69 Å². The van der Waals surface area contributed by atoms with Crippen molar-refractivity contribution in [1.82, 2.24) is 0 Å². The second kappa shape index (κ2) is 4.89. The average Bonchev–Trinajstić information content (AvgIpc) is 2.79. The van der Waals surface area contributed by atoms with Crippen molar-refractivity contribution < 1.29 is 14.0 Å². The molecule has 0 spiro atoms. The molecular formula is C16H12FNO2. The highest BCUT2D eigenvalue weighted by Gasteiger charge is 2.28. The molecule has 1 aliphatic rings. The number of ketones is 1. The molecule has 100 valence electrons.